The number of carbonyl (C=O) groups excluding carboxylic acids is 1. The maximum Gasteiger partial charge on any atom is 0.120 e. The van der Waals surface area contributed by atoms with E-state index in [9.17, 15) is 4.79 Å². The molecule has 0 aliphatic carbocycles. The zero-order valence-electron chi connectivity index (χ0n) is 9.10. The molecule has 1 aromatic heterocycles. The summed E-state index contributed by atoms with van der Waals surface area (Å²) in [7, 11) is 1.92. The van der Waals surface area contributed by atoms with Crippen LogP contribution in [0.2, 0.25) is 0 Å². The molecule has 0 aromatic carbocycles. The molecule has 0 aliphatic rings. The first-order valence-corrected chi connectivity index (χ1v) is 5.06. The van der Waals surface area contributed by atoms with Crippen LogP contribution in [-0.4, -0.2) is 16.1 Å². The second kappa shape index (κ2) is 4.94. The molecule has 0 amide bonds. The molecule has 1 aromatic rings. The summed E-state index contributed by atoms with van der Waals surface area (Å²) < 4.78 is 1.86. The van der Waals surface area contributed by atoms with Crippen LogP contribution in [-0.2, 0) is 11.8 Å². The molecule has 3 heteroatoms. The van der Waals surface area contributed by atoms with E-state index in [0.717, 1.165) is 18.4 Å². The third-order valence-corrected chi connectivity index (χ3v) is 2.41. The molecule has 14 heavy (non-hydrogen) atoms. The highest BCUT2D eigenvalue weighted by Crippen LogP contribution is 2.25. The second-order valence-electron chi connectivity index (χ2n) is 4.11. The Morgan fingerprint density at radius 3 is 2.71 bits per heavy atom. The van der Waals surface area contributed by atoms with Gasteiger partial charge in [0.2, 0.25) is 0 Å². The average Bonchev–Trinajstić information content (AvgIpc) is 2.50. The van der Waals surface area contributed by atoms with Crippen LogP contribution in [0.4, 0.5) is 0 Å². The topological polar surface area (TPSA) is 34.9 Å². The summed E-state index contributed by atoms with van der Waals surface area (Å²) in [5.74, 6) is 0.926. The summed E-state index contributed by atoms with van der Waals surface area (Å²) in [4.78, 5) is 10.6. The summed E-state index contributed by atoms with van der Waals surface area (Å²) in [6, 6.07) is 2.00. The normalized spacial score (nSPS) is 13.1. The van der Waals surface area contributed by atoms with Gasteiger partial charge in [0.05, 0.1) is 0 Å². The van der Waals surface area contributed by atoms with Crippen LogP contribution in [0.5, 0.6) is 0 Å². The molecule has 1 unspecified atom stereocenters. The highest BCUT2D eigenvalue weighted by atomic mass is 16.1. The number of nitrogens with zero attached hydrogens (tertiary/aromatic N) is 2. The van der Waals surface area contributed by atoms with Gasteiger partial charge < -0.3 is 4.79 Å². The van der Waals surface area contributed by atoms with Crippen molar-refractivity contribution in [3.63, 3.8) is 0 Å². The molecule has 3 nitrogen and oxygen atoms in total. The van der Waals surface area contributed by atoms with E-state index in [4.69, 9.17) is 0 Å². The van der Waals surface area contributed by atoms with E-state index in [0.29, 0.717) is 18.3 Å². The van der Waals surface area contributed by atoms with Gasteiger partial charge in [-0.15, -0.1) is 0 Å². The van der Waals surface area contributed by atoms with Crippen molar-refractivity contribution < 1.29 is 4.79 Å². The van der Waals surface area contributed by atoms with E-state index in [1.165, 1.54) is 0 Å². The lowest BCUT2D eigenvalue weighted by Crippen LogP contribution is -2.09. The SMILES string of the molecule is CC(C)CC(CC=O)c1ccnn1C. The highest BCUT2D eigenvalue weighted by molar-refractivity contribution is 5.51. The third-order valence-electron chi connectivity index (χ3n) is 2.41. The van der Waals surface area contributed by atoms with Crippen molar-refractivity contribution in [2.24, 2.45) is 13.0 Å². The van der Waals surface area contributed by atoms with Crippen molar-refractivity contribution >= 4 is 6.29 Å². The van der Waals surface area contributed by atoms with E-state index in [-0.39, 0.29) is 0 Å². The summed E-state index contributed by atoms with van der Waals surface area (Å²) >= 11 is 0. The molecule has 1 atom stereocenters. The van der Waals surface area contributed by atoms with E-state index in [1.807, 2.05) is 17.8 Å². The lowest BCUT2D eigenvalue weighted by atomic mass is 9.92. The lowest BCUT2D eigenvalue weighted by molar-refractivity contribution is -0.108. The van der Waals surface area contributed by atoms with E-state index >= 15 is 0 Å². The largest absolute Gasteiger partial charge is 0.303 e. The van der Waals surface area contributed by atoms with Gasteiger partial charge in [-0.05, 0) is 18.4 Å². The first-order valence-electron chi connectivity index (χ1n) is 5.06. The maximum absolute atomic E-state index is 10.6. The standard InChI is InChI=1S/C11H18N2O/c1-9(2)8-10(5-7-14)11-4-6-12-13(11)3/h4,6-7,9-10H,5,8H2,1-3H3. The fourth-order valence-corrected chi connectivity index (χ4v) is 1.81. The lowest BCUT2D eigenvalue weighted by Gasteiger charge is -2.16. The van der Waals surface area contributed by atoms with Gasteiger partial charge in [0.1, 0.15) is 6.29 Å². The van der Waals surface area contributed by atoms with Gasteiger partial charge in [-0.1, -0.05) is 13.8 Å². The quantitative estimate of drug-likeness (QED) is 0.673. The molecule has 0 radical (unpaired) electrons. The molecule has 0 N–H and O–H groups in total. The van der Waals surface area contributed by atoms with Crippen LogP contribution in [0.1, 0.15) is 38.3 Å². The Morgan fingerprint density at radius 2 is 2.29 bits per heavy atom. The number of hydrogen-bond donors (Lipinski definition) is 0. The summed E-state index contributed by atoms with van der Waals surface area (Å²) in [6.07, 6.45) is 4.42. The Balaban J connectivity index is 2.77. The number of rotatable bonds is 5. The van der Waals surface area contributed by atoms with E-state index < -0.39 is 0 Å². The first-order chi connectivity index (χ1) is 6.65. The molecule has 0 aliphatic heterocycles. The van der Waals surface area contributed by atoms with E-state index in [1.54, 1.807) is 6.20 Å². The monoisotopic (exact) mass is 194 g/mol. The number of aldehydes is 1. The smallest absolute Gasteiger partial charge is 0.120 e. The highest BCUT2D eigenvalue weighted by Gasteiger charge is 2.15. The molecule has 0 saturated heterocycles. The van der Waals surface area contributed by atoms with Crippen LogP contribution in [0.3, 0.4) is 0 Å². The molecule has 1 rings (SSSR count). The van der Waals surface area contributed by atoms with Crippen molar-refractivity contribution in [3.8, 4) is 0 Å². The molecular weight excluding hydrogens is 176 g/mol. The van der Waals surface area contributed by atoms with Crippen LogP contribution in [0.25, 0.3) is 0 Å². The molecular formula is C11H18N2O. The number of aryl methyl sites for hydroxylation is 1. The number of carbonyl (C=O) groups is 1. The number of hydrogen-bond acceptors (Lipinski definition) is 2. The summed E-state index contributed by atoms with van der Waals surface area (Å²) in [5.41, 5.74) is 1.16. The Labute approximate surface area is 85.1 Å². The average molecular weight is 194 g/mol. The molecule has 0 saturated carbocycles. The minimum Gasteiger partial charge on any atom is -0.303 e. The van der Waals surface area contributed by atoms with Crippen molar-refractivity contribution in [1.82, 2.24) is 9.78 Å². The van der Waals surface area contributed by atoms with Gasteiger partial charge in [-0.3, -0.25) is 4.68 Å². The minimum atomic E-state index is 0.319. The number of aromatic nitrogens is 2. The molecule has 0 bridgehead atoms. The van der Waals surface area contributed by atoms with Crippen molar-refractivity contribution in [3.05, 3.63) is 18.0 Å². The van der Waals surface area contributed by atoms with E-state index in [2.05, 4.69) is 18.9 Å². The summed E-state index contributed by atoms with van der Waals surface area (Å²) in [5, 5.41) is 4.13. The van der Waals surface area contributed by atoms with Gasteiger partial charge in [-0.25, -0.2) is 0 Å². The van der Waals surface area contributed by atoms with Crippen LogP contribution >= 0.6 is 0 Å². The minimum absolute atomic E-state index is 0.319. The Hall–Kier alpha value is -1.12. The third kappa shape index (κ3) is 2.69. The second-order valence-corrected chi connectivity index (χ2v) is 4.11. The van der Waals surface area contributed by atoms with Crippen molar-refractivity contribution in [1.29, 1.82) is 0 Å². The summed E-state index contributed by atoms with van der Waals surface area (Å²) in [6.45, 7) is 4.35. The molecule has 78 valence electrons. The van der Waals surface area contributed by atoms with Gasteiger partial charge in [0.15, 0.2) is 0 Å². The Kier molecular flexibility index (Phi) is 3.86. The van der Waals surface area contributed by atoms with Gasteiger partial charge in [0.25, 0.3) is 0 Å². The molecule has 0 spiro atoms. The Bertz CT molecular complexity index is 291. The predicted octanol–water partition coefficient (Wildman–Crippen LogP) is 2.14. The van der Waals surface area contributed by atoms with Gasteiger partial charge in [0, 0.05) is 31.3 Å². The first kappa shape index (κ1) is 11.0. The van der Waals surface area contributed by atoms with Crippen LogP contribution < -0.4 is 0 Å². The fourth-order valence-electron chi connectivity index (χ4n) is 1.81. The maximum atomic E-state index is 10.6. The van der Waals surface area contributed by atoms with Gasteiger partial charge >= 0.3 is 0 Å². The fraction of sp³-hybridized carbons (Fsp3) is 0.636. The Morgan fingerprint density at radius 1 is 1.57 bits per heavy atom. The van der Waals surface area contributed by atoms with Crippen LogP contribution in [0, 0.1) is 5.92 Å². The predicted molar refractivity (Wildman–Crippen MR) is 56.1 cm³/mol. The zero-order chi connectivity index (χ0) is 10.6. The molecule has 0 fully saturated rings. The van der Waals surface area contributed by atoms with Crippen molar-refractivity contribution in [2.45, 2.75) is 32.6 Å². The van der Waals surface area contributed by atoms with Gasteiger partial charge in [-0.2, -0.15) is 5.10 Å². The van der Waals surface area contributed by atoms with Crippen molar-refractivity contribution in [2.75, 3.05) is 0 Å². The van der Waals surface area contributed by atoms with Crippen LogP contribution in [0.15, 0.2) is 12.3 Å². The zero-order valence-corrected chi connectivity index (χ0v) is 9.10. The molecule has 1 heterocycles.